The van der Waals surface area contributed by atoms with Gasteiger partial charge in [-0.3, -0.25) is 0 Å². The zero-order valence-electron chi connectivity index (χ0n) is 17.3. The highest BCUT2D eigenvalue weighted by Gasteiger charge is 2.65. The van der Waals surface area contributed by atoms with E-state index in [1.807, 2.05) is 10.6 Å². The number of nitrogens with one attached hydrogen (secondary N) is 2. The largest absolute Gasteiger partial charge is 0.485 e. The maximum atomic E-state index is 13.4. The fraction of sp³-hybridized carbons (Fsp3) is 0.350. The molecule has 1 fully saturated rings. The summed E-state index contributed by atoms with van der Waals surface area (Å²) in [6.07, 6.45) is 0.795. The van der Waals surface area contributed by atoms with Crippen LogP contribution in [0.25, 0.3) is 0 Å². The Morgan fingerprint density at radius 3 is 2.48 bits per heavy atom. The number of carbonyl (C=O) groups excluding carboxylic acids is 1. The minimum atomic E-state index is -9.98. The van der Waals surface area contributed by atoms with Crippen LogP contribution in [0.4, 0.5) is 29.9 Å². The second-order valence-electron chi connectivity index (χ2n) is 7.95. The van der Waals surface area contributed by atoms with E-state index in [2.05, 4.69) is 10.6 Å². The average Bonchev–Trinajstić information content (AvgIpc) is 2.99. The molecule has 2 aromatic rings. The minimum absolute atomic E-state index is 0.156. The monoisotopic (exact) mass is 511 g/mol. The molecular weight excluding hydrogens is 489 g/mol. The summed E-state index contributed by atoms with van der Waals surface area (Å²) < 4.78 is 74.3. The zero-order chi connectivity index (χ0) is 24.1. The van der Waals surface area contributed by atoms with Crippen molar-refractivity contribution in [2.75, 3.05) is 24.7 Å². The summed E-state index contributed by atoms with van der Waals surface area (Å²) in [5.74, 6) is -0.156. The van der Waals surface area contributed by atoms with Crippen LogP contribution in [0.15, 0.2) is 47.4 Å². The lowest BCUT2D eigenvalue weighted by molar-refractivity contribution is 0.0846. The van der Waals surface area contributed by atoms with Gasteiger partial charge in [-0.2, -0.15) is 0 Å². The lowest BCUT2D eigenvalue weighted by Gasteiger charge is -2.41. The van der Waals surface area contributed by atoms with Gasteiger partial charge in [-0.15, -0.1) is 0 Å². The number of aliphatic hydroxyl groups excluding tert-OH is 1. The van der Waals surface area contributed by atoms with Gasteiger partial charge in [0.25, 0.3) is 0 Å². The smallest absolute Gasteiger partial charge is 0.319 e. The maximum Gasteiger partial charge on any atom is 0.319 e. The Hall–Kier alpha value is -2.22. The Morgan fingerprint density at radius 2 is 1.85 bits per heavy atom. The molecule has 0 bridgehead atoms. The fourth-order valence-corrected chi connectivity index (χ4v) is 5.08. The normalized spacial score (nSPS) is 23.1. The summed E-state index contributed by atoms with van der Waals surface area (Å²) in [6.45, 7) is 0.977. The van der Waals surface area contributed by atoms with E-state index in [0.717, 1.165) is 11.6 Å². The summed E-state index contributed by atoms with van der Waals surface area (Å²) in [4.78, 5) is 10.4. The van der Waals surface area contributed by atoms with Gasteiger partial charge < -0.3 is 20.5 Å². The Morgan fingerprint density at radius 1 is 1.15 bits per heavy atom. The third-order valence-corrected chi connectivity index (χ3v) is 7.48. The fourth-order valence-electron chi connectivity index (χ4n) is 3.78. The number of halogens is 5. The lowest BCUT2D eigenvalue weighted by Crippen LogP contribution is -2.49. The van der Waals surface area contributed by atoms with Crippen molar-refractivity contribution in [1.82, 2.24) is 9.62 Å². The van der Waals surface area contributed by atoms with Crippen LogP contribution in [0.1, 0.15) is 17.2 Å². The van der Waals surface area contributed by atoms with Gasteiger partial charge in [0.15, 0.2) is 0 Å². The average molecular weight is 512 g/mol. The van der Waals surface area contributed by atoms with Crippen molar-refractivity contribution in [3.63, 3.8) is 0 Å². The third-order valence-electron chi connectivity index (χ3n) is 5.52. The number of hydrogen-bond donors (Lipinski definition) is 3. The molecule has 2 aromatic carbocycles. The summed E-state index contributed by atoms with van der Waals surface area (Å²) in [5.41, 5.74) is 0.925. The third kappa shape index (κ3) is 5.31. The van der Waals surface area contributed by atoms with Crippen LogP contribution in [0, 0.1) is 0 Å². The van der Waals surface area contributed by atoms with Crippen molar-refractivity contribution in [2.24, 2.45) is 0 Å². The van der Waals surface area contributed by atoms with Gasteiger partial charge in [0.2, 0.25) is 0 Å². The molecular formula is C20H22F5N3O3S2. The van der Waals surface area contributed by atoms with Crippen molar-refractivity contribution < 1.29 is 34.1 Å². The predicted molar refractivity (Wildman–Crippen MR) is 118 cm³/mol. The molecule has 13 heteroatoms. The number of fused-ring (bicyclic) bond motifs is 1. The lowest BCUT2D eigenvalue weighted by atomic mass is 10.1. The molecule has 1 saturated heterocycles. The molecule has 0 aromatic heterocycles. The number of benzene rings is 2. The minimum Gasteiger partial charge on any atom is -0.485 e. The van der Waals surface area contributed by atoms with Crippen LogP contribution in [-0.2, 0) is 6.42 Å². The van der Waals surface area contributed by atoms with Gasteiger partial charge >= 0.3 is 16.3 Å². The number of aliphatic hydroxyl groups is 1. The molecule has 182 valence electrons. The zero-order valence-corrected chi connectivity index (χ0v) is 18.9. The molecule has 3 N–H and O–H groups in total. The molecule has 2 atom stereocenters. The van der Waals surface area contributed by atoms with E-state index in [4.69, 9.17) is 4.74 Å². The summed E-state index contributed by atoms with van der Waals surface area (Å²) >= 11 is 1.46. The summed E-state index contributed by atoms with van der Waals surface area (Å²) in [7, 11) is -9.98. The van der Waals surface area contributed by atoms with E-state index in [0.29, 0.717) is 25.1 Å². The summed E-state index contributed by atoms with van der Waals surface area (Å²) in [6, 6.07) is 6.55. The standard InChI is InChI=1S/C20H22F5N3O3S2/c1-32-28-10-13(11-28)31-18-7-6-14(33(21,22,23,24)25)9-16(18)26-20(30)27-17-8-12-4-2-3-5-15(12)19(17)29/h2-7,9,13,17,19,29H,8,10-11H2,1H3,(H2,26,27,30). The Kier molecular flexibility index (Phi) is 5.55. The van der Waals surface area contributed by atoms with E-state index in [1.165, 1.54) is 11.9 Å². The first-order valence-corrected chi connectivity index (χ1v) is 13.0. The van der Waals surface area contributed by atoms with E-state index in [-0.39, 0.29) is 24.0 Å². The first kappa shape index (κ1) is 23.9. The molecule has 2 aliphatic rings. The Bertz CT molecular complexity index is 1080. The van der Waals surface area contributed by atoms with Gasteiger partial charge in [-0.25, -0.2) is 9.10 Å². The first-order chi connectivity index (χ1) is 15.2. The molecule has 0 saturated carbocycles. The molecule has 0 radical (unpaired) electrons. The number of rotatable bonds is 6. The molecule has 0 spiro atoms. The number of ether oxygens (including phenoxy) is 1. The van der Waals surface area contributed by atoms with Crippen LogP contribution in [-0.4, -0.2) is 46.9 Å². The highest BCUT2D eigenvalue weighted by Crippen LogP contribution is 3.02. The van der Waals surface area contributed by atoms with Crippen molar-refractivity contribution in [1.29, 1.82) is 0 Å². The first-order valence-electron chi connectivity index (χ1n) is 9.91. The van der Waals surface area contributed by atoms with Gasteiger partial charge in [0.1, 0.15) is 16.7 Å². The topological polar surface area (TPSA) is 73.8 Å². The number of urea groups is 1. The number of carbonyl (C=O) groups is 1. The Balaban J connectivity index is 1.53. The van der Waals surface area contributed by atoms with E-state index in [9.17, 15) is 29.3 Å². The molecule has 6 nitrogen and oxygen atoms in total. The van der Waals surface area contributed by atoms with E-state index in [1.54, 1.807) is 24.3 Å². The second-order valence-corrected chi connectivity index (χ2v) is 11.2. The molecule has 2 unspecified atom stereocenters. The molecule has 1 aliphatic heterocycles. The molecule has 1 heterocycles. The number of amides is 2. The molecule has 1 aliphatic carbocycles. The van der Waals surface area contributed by atoms with E-state index >= 15 is 0 Å². The quantitative estimate of drug-likeness (QED) is 0.355. The van der Waals surface area contributed by atoms with Crippen LogP contribution >= 0.6 is 22.2 Å². The highest BCUT2D eigenvalue weighted by molar-refractivity contribution is 8.45. The van der Waals surface area contributed by atoms with Crippen molar-refractivity contribution in [3.05, 3.63) is 53.6 Å². The number of hydrogen-bond acceptors (Lipinski definition) is 5. The van der Waals surface area contributed by atoms with Crippen LogP contribution in [0.3, 0.4) is 0 Å². The Labute approximate surface area is 191 Å². The van der Waals surface area contributed by atoms with Crippen LogP contribution in [0.2, 0.25) is 0 Å². The van der Waals surface area contributed by atoms with Gasteiger partial charge in [-0.1, -0.05) is 55.6 Å². The maximum absolute atomic E-state index is 13.4. The molecule has 4 rings (SSSR count). The second kappa shape index (κ2) is 7.65. The van der Waals surface area contributed by atoms with Crippen molar-refractivity contribution in [3.8, 4) is 5.75 Å². The highest BCUT2D eigenvalue weighted by atomic mass is 32.5. The van der Waals surface area contributed by atoms with Crippen LogP contribution in [0.5, 0.6) is 5.75 Å². The van der Waals surface area contributed by atoms with Gasteiger partial charge in [0.05, 0.1) is 17.8 Å². The van der Waals surface area contributed by atoms with Crippen molar-refractivity contribution in [2.45, 2.75) is 29.6 Å². The SMILES string of the molecule is CSN1CC(Oc2ccc(S(F)(F)(F)(F)F)cc2NC(=O)NC2Cc3ccccc3C2O)C1. The predicted octanol–water partition coefficient (Wildman–Crippen LogP) is 5.46. The van der Waals surface area contributed by atoms with E-state index < -0.39 is 39.0 Å². The molecule has 33 heavy (non-hydrogen) atoms. The van der Waals surface area contributed by atoms with Gasteiger partial charge in [0, 0.05) is 13.1 Å². The summed E-state index contributed by atoms with van der Waals surface area (Å²) in [5, 5.41) is 15.1. The molecule has 2 amide bonds. The van der Waals surface area contributed by atoms with Crippen LogP contribution < -0.4 is 15.4 Å². The van der Waals surface area contributed by atoms with Gasteiger partial charge in [-0.05, 0) is 42.0 Å². The van der Waals surface area contributed by atoms with Crippen molar-refractivity contribution >= 4 is 33.9 Å². The number of nitrogens with zero attached hydrogens (tertiary/aromatic N) is 1. The number of anilines is 1.